The highest BCUT2D eigenvalue weighted by atomic mass is 35.5. The van der Waals surface area contributed by atoms with Gasteiger partial charge in [0.05, 0.1) is 0 Å². The van der Waals surface area contributed by atoms with Crippen LogP contribution in [0.25, 0.3) is 0 Å². The van der Waals surface area contributed by atoms with Crippen LogP contribution in [-0.4, -0.2) is 35.0 Å². The van der Waals surface area contributed by atoms with E-state index >= 15 is 0 Å². The first-order chi connectivity index (χ1) is 14.2. The molecule has 1 aromatic heterocycles. The van der Waals surface area contributed by atoms with Crippen molar-refractivity contribution < 1.29 is 4.79 Å². The van der Waals surface area contributed by atoms with Gasteiger partial charge in [-0.05, 0) is 49.7 Å². The van der Waals surface area contributed by atoms with Gasteiger partial charge in [-0.1, -0.05) is 29.8 Å². The van der Waals surface area contributed by atoms with Crippen LogP contribution in [0.2, 0.25) is 5.02 Å². The third kappa shape index (κ3) is 5.82. The molecule has 1 aromatic carbocycles. The van der Waals surface area contributed by atoms with Gasteiger partial charge in [0.2, 0.25) is 5.91 Å². The van der Waals surface area contributed by atoms with E-state index < -0.39 is 0 Å². The second kappa shape index (κ2) is 9.44. The zero-order valence-corrected chi connectivity index (χ0v) is 17.4. The highest BCUT2D eigenvalue weighted by molar-refractivity contribution is 6.31. The fraction of sp³-hybridized carbons (Fsp3) is 0.500. The Hall–Kier alpha value is -2.34. The molecule has 0 atom stereocenters. The Balaban J connectivity index is 1.18. The molecule has 1 saturated heterocycles. The fourth-order valence-corrected chi connectivity index (χ4v) is 3.95. The Labute approximate surface area is 177 Å². The average molecular weight is 414 g/mol. The number of aromatic nitrogens is 2. The van der Waals surface area contributed by atoms with E-state index in [4.69, 9.17) is 11.6 Å². The van der Waals surface area contributed by atoms with Crippen LogP contribution in [0.5, 0.6) is 0 Å². The number of benzene rings is 1. The van der Waals surface area contributed by atoms with Crippen molar-refractivity contribution in [2.24, 2.45) is 5.92 Å². The van der Waals surface area contributed by atoms with Gasteiger partial charge in [0, 0.05) is 43.2 Å². The SMILES string of the molecule is O=C(CCC1CCN(c2cc(NC3CC3)ncn2)CC1)NCc1ccccc1Cl. The fourth-order valence-electron chi connectivity index (χ4n) is 3.75. The maximum atomic E-state index is 12.2. The Morgan fingerprint density at radius 2 is 1.93 bits per heavy atom. The minimum absolute atomic E-state index is 0.0962. The van der Waals surface area contributed by atoms with Gasteiger partial charge in [-0.2, -0.15) is 0 Å². The van der Waals surface area contributed by atoms with Crippen molar-refractivity contribution in [1.29, 1.82) is 0 Å². The van der Waals surface area contributed by atoms with Crippen LogP contribution in [0, 0.1) is 5.92 Å². The number of hydrogen-bond donors (Lipinski definition) is 2. The smallest absolute Gasteiger partial charge is 0.220 e. The monoisotopic (exact) mass is 413 g/mol. The Kier molecular flexibility index (Phi) is 6.49. The van der Waals surface area contributed by atoms with Gasteiger partial charge in [-0.3, -0.25) is 4.79 Å². The van der Waals surface area contributed by atoms with E-state index in [-0.39, 0.29) is 5.91 Å². The van der Waals surface area contributed by atoms with Crippen molar-refractivity contribution >= 4 is 29.1 Å². The summed E-state index contributed by atoms with van der Waals surface area (Å²) in [4.78, 5) is 23.3. The third-order valence-corrected chi connectivity index (χ3v) is 6.10. The van der Waals surface area contributed by atoms with E-state index in [2.05, 4.69) is 31.6 Å². The van der Waals surface area contributed by atoms with Gasteiger partial charge >= 0.3 is 0 Å². The summed E-state index contributed by atoms with van der Waals surface area (Å²) in [5.74, 6) is 2.61. The van der Waals surface area contributed by atoms with E-state index in [1.165, 1.54) is 12.8 Å². The molecule has 1 aliphatic heterocycles. The maximum absolute atomic E-state index is 12.2. The molecule has 2 aliphatic rings. The molecular formula is C22H28ClN5O. The zero-order valence-electron chi connectivity index (χ0n) is 16.6. The average Bonchev–Trinajstić information content (AvgIpc) is 3.56. The Morgan fingerprint density at radius 1 is 1.14 bits per heavy atom. The van der Waals surface area contributed by atoms with E-state index in [1.807, 2.05) is 24.3 Å². The molecule has 0 spiro atoms. The molecule has 1 saturated carbocycles. The van der Waals surface area contributed by atoms with E-state index in [9.17, 15) is 4.79 Å². The lowest BCUT2D eigenvalue weighted by Gasteiger charge is -2.32. The van der Waals surface area contributed by atoms with Crippen LogP contribution in [0.4, 0.5) is 11.6 Å². The summed E-state index contributed by atoms with van der Waals surface area (Å²) in [6, 6.07) is 10.3. The number of piperidine rings is 1. The number of nitrogens with one attached hydrogen (secondary N) is 2. The molecule has 2 heterocycles. The highest BCUT2D eigenvalue weighted by Crippen LogP contribution is 2.28. The summed E-state index contributed by atoms with van der Waals surface area (Å²) in [7, 11) is 0. The first-order valence-corrected chi connectivity index (χ1v) is 10.9. The molecule has 6 nitrogen and oxygen atoms in total. The van der Waals surface area contributed by atoms with Crippen molar-refractivity contribution in [2.75, 3.05) is 23.3 Å². The van der Waals surface area contributed by atoms with Crippen LogP contribution in [0.3, 0.4) is 0 Å². The van der Waals surface area contributed by atoms with E-state index in [0.29, 0.717) is 29.9 Å². The van der Waals surface area contributed by atoms with Crippen molar-refractivity contribution in [3.05, 3.63) is 47.2 Å². The lowest BCUT2D eigenvalue weighted by molar-refractivity contribution is -0.121. The topological polar surface area (TPSA) is 70.2 Å². The predicted octanol–water partition coefficient (Wildman–Crippen LogP) is 4.02. The van der Waals surface area contributed by atoms with Crippen LogP contribution in [0.1, 0.15) is 44.1 Å². The number of carbonyl (C=O) groups excluding carboxylic acids is 1. The summed E-state index contributed by atoms with van der Waals surface area (Å²) in [5.41, 5.74) is 0.955. The number of halogens is 1. The van der Waals surface area contributed by atoms with Crippen molar-refractivity contribution in [2.45, 2.75) is 51.1 Å². The zero-order chi connectivity index (χ0) is 20.1. The van der Waals surface area contributed by atoms with Gasteiger partial charge in [0.1, 0.15) is 18.0 Å². The second-order valence-corrected chi connectivity index (χ2v) is 8.42. The quantitative estimate of drug-likeness (QED) is 0.684. The Bertz CT molecular complexity index is 833. The summed E-state index contributed by atoms with van der Waals surface area (Å²) >= 11 is 6.14. The van der Waals surface area contributed by atoms with Gasteiger partial charge < -0.3 is 15.5 Å². The van der Waals surface area contributed by atoms with Crippen molar-refractivity contribution in [1.82, 2.24) is 15.3 Å². The van der Waals surface area contributed by atoms with Gasteiger partial charge in [0.15, 0.2) is 0 Å². The standard InChI is InChI=1S/C22H28ClN5O/c23-19-4-2-1-3-17(19)14-24-22(29)8-5-16-9-11-28(12-10-16)21-13-20(25-15-26-21)27-18-6-7-18/h1-4,13,15-16,18H,5-12,14H2,(H,24,29)(H,25,26,27). The van der Waals surface area contributed by atoms with Crippen LogP contribution >= 0.6 is 11.6 Å². The highest BCUT2D eigenvalue weighted by Gasteiger charge is 2.23. The maximum Gasteiger partial charge on any atom is 0.220 e. The minimum Gasteiger partial charge on any atom is -0.367 e. The number of amides is 1. The second-order valence-electron chi connectivity index (χ2n) is 8.02. The summed E-state index contributed by atoms with van der Waals surface area (Å²) in [5, 5.41) is 7.11. The predicted molar refractivity (Wildman–Crippen MR) is 116 cm³/mol. The lowest BCUT2D eigenvalue weighted by atomic mass is 9.92. The molecule has 2 N–H and O–H groups in total. The molecule has 0 radical (unpaired) electrons. The van der Waals surface area contributed by atoms with Gasteiger partial charge in [0.25, 0.3) is 0 Å². The molecule has 154 valence electrons. The third-order valence-electron chi connectivity index (χ3n) is 5.73. The van der Waals surface area contributed by atoms with Gasteiger partial charge in [-0.15, -0.1) is 0 Å². The first kappa shape index (κ1) is 20.0. The number of anilines is 2. The van der Waals surface area contributed by atoms with Crippen LogP contribution in [-0.2, 0) is 11.3 Å². The number of nitrogens with zero attached hydrogens (tertiary/aromatic N) is 3. The molecule has 29 heavy (non-hydrogen) atoms. The van der Waals surface area contributed by atoms with Gasteiger partial charge in [-0.25, -0.2) is 9.97 Å². The molecule has 4 rings (SSSR count). The summed E-state index contributed by atoms with van der Waals surface area (Å²) < 4.78 is 0. The molecule has 1 amide bonds. The number of carbonyl (C=O) groups is 1. The van der Waals surface area contributed by atoms with E-state index in [1.54, 1.807) is 6.33 Å². The van der Waals surface area contributed by atoms with E-state index in [0.717, 1.165) is 49.6 Å². The summed E-state index contributed by atoms with van der Waals surface area (Å²) in [6.45, 7) is 2.44. The lowest BCUT2D eigenvalue weighted by Crippen LogP contribution is -2.34. The number of rotatable bonds is 8. The van der Waals surface area contributed by atoms with Crippen molar-refractivity contribution in [3.8, 4) is 0 Å². The largest absolute Gasteiger partial charge is 0.367 e. The summed E-state index contributed by atoms with van der Waals surface area (Å²) in [6.07, 6.45) is 7.79. The van der Waals surface area contributed by atoms with Crippen LogP contribution < -0.4 is 15.5 Å². The molecule has 0 bridgehead atoms. The molecular weight excluding hydrogens is 386 g/mol. The molecule has 2 aromatic rings. The normalized spacial score (nSPS) is 17.2. The number of hydrogen-bond acceptors (Lipinski definition) is 5. The van der Waals surface area contributed by atoms with Crippen LogP contribution in [0.15, 0.2) is 36.7 Å². The first-order valence-electron chi connectivity index (χ1n) is 10.5. The Morgan fingerprint density at radius 3 is 2.69 bits per heavy atom. The molecule has 1 aliphatic carbocycles. The van der Waals surface area contributed by atoms with Crippen molar-refractivity contribution in [3.63, 3.8) is 0 Å². The molecule has 0 unspecified atom stereocenters. The molecule has 2 fully saturated rings. The minimum atomic E-state index is 0.0962. The molecule has 7 heteroatoms.